The van der Waals surface area contributed by atoms with E-state index in [4.69, 9.17) is 0 Å². The Hall–Kier alpha value is -0.530. The van der Waals surface area contributed by atoms with Crippen molar-refractivity contribution in [3.05, 3.63) is 0 Å². The number of unbranched alkanes of at least 4 members (excludes halogenated alkanes) is 1. The van der Waals surface area contributed by atoms with E-state index in [-0.39, 0.29) is 5.92 Å². The summed E-state index contributed by atoms with van der Waals surface area (Å²) in [6.07, 6.45) is 4.55. The summed E-state index contributed by atoms with van der Waals surface area (Å²) in [4.78, 5) is 10.5. The van der Waals surface area contributed by atoms with Crippen molar-refractivity contribution < 1.29 is 9.90 Å². The molecule has 0 heterocycles. The van der Waals surface area contributed by atoms with Crippen molar-refractivity contribution in [1.82, 2.24) is 0 Å². The van der Waals surface area contributed by atoms with Gasteiger partial charge in [0.05, 0.1) is 0 Å². The van der Waals surface area contributed by atoms with E-state index in [0.29, 0.717) is 0 Å². The maximum absolute atomic E-state index is 10.5. The van der Waals surface area contributed by atoms with Gasteiger partial charge in [-0.15, -0.1) is 0 Å². The van der Waals surface area contributed by atoms with Crippen molar-refractivity contribution in [1.29, 1.82) is 0 Å². The Bertz CT molecular complexity index is 110. The van der Waals surface area contributed by atoms with Crippen LogP contribution in [0.4, 0.5) is 0 Å². The van der Waals surface area contributed by atoms with Gasteiger partial charge in [-0.05, 0) is 18.8 Å². The van der Waals surface area contributed by atoms with Crippen LogP contribution in [-0.4, -0.2) is 5.97 Å². The fourth-order valence-corrected chi connectivity index (χ4v) is 1.18. The van der Waals surface area contributed by atoms with Crippen LogP contribution in [0.15, 0.2) is 0 Å². The van der Waals surface area contributed by atoms with Gasteiger partial charge in [0.25, 0.3) is 0 Å². The molecule has 0 radical (unpaired) electrons. The van der Waals surface area contributed by atoms with E-state index in [2.05, 4.69) is 6.92 Å². The Labute approximate surface area is 68.6 Å². The summed E-state index contributed by atoms with van der Waals surface area (Å²) in [5.41, 5.74) is 0. The van der Waals surface area contributed by atoms with Crippen LogP contribution in [0.5, 0.6) is 0 Å². The van der Waals surface area contributed by atoms with Crippen molar-refractivity contribution in [3.8, 4) is 0 Å². The molecule has 0 rings (SSSR count). The number of hydrogen-bond donors (Lipinski definition) is 0. The first kappa shape index (κ1) is 10.5. The molecule has 2 heteroatoms. The van der Waals surface area contributed by atoms with E-state index in [0.717, 1.165) is 32.1 Å². The lowest BCUT2D eigenvalue weighted by Crippen LogP contribution is -2.31. The standard InChI is InChI=1S/C9H18O2/c1-3-5-7-8(6-4-2)9(10)11/h8H,3-7H2,1-2H3,(H,10,11)/p-1. The highest BCUT2D eigenvalue weighted by Crippen LogP contribution is 2.13. The van der Waals surface area contributed by atoms with Crippen LogP contribution in [-0.2, 0) is 4.79 Å². The van der Waals surface area contributed by atoms with Crippen LogP contribution >= 0.6 is 0 Å². The van der Waals surface area contributed by atoms with Gasteiger partial charge in [-0.1, -0.05) is 33.1 Å². The molecule has 1 unspecified atom stereocenters. The normalized spacial score (nSPS) is 12.9. The van der Waals surface area contributed by atoms with Gasteiger partial charge in [-0.3, -0.25) is 0 Å². The monoisotopic (exact) mass is 157 g/mol. The molecule has 0 N–H and O–H groups in total. The van der Waals surface area contributed by atoms with E-state index in [1.165, 1.54) is 0 Å². The van der Waals surface area contributed by atoms with Gasteiger partial charge in [-0.2, -0.15) is 0 Å². The largest absolute Gasteiger partial charge is 0.550 e. The van der Waals surface area contributed by atoms with Gasteiger partial charge in [0, 0.05) is 5.97 Å². The van der Waals surface area contributed by atoms with Crippen LogP contribution < -0.4 is 5.11 Å². The molecular formula is C9H17O2-. The van der Waals surface area contributed by atoms with Crippen molar-refractivity contribution in [3.63, 3.8) is 0 Å². The topological polar surface area (TPSA) is 40.1 Å². The summed E-state index contributed by atoms with van der Waals surface area (Å²) in [7, 11) is 0. The number of hydrogen-bond acceptors (Lipinski definition) is 2. The lowest BCUT2D eigenvalue weighted by atomic mass is 9.97. The molecule has 1 atom stereocenters. The van der Waals surface area contributed by atoms with E-state index in [1.54, 1.807) is 0 Å². The smallest absolute Gasteiger partial charge is 0.0445 e. The predicted molar refractivity (Wildman–Crippen MR) is 42.9 cm³/mol. The Morgan fingerprint density at radius 3 is 2.27 bits per heavy atom. The summed E-state index contributed by atoms with van der Waals surface area (Å²) in [6.45, 7) is 4.07. The third kappa shape index (κ3) is 4.82. The van der Waals surface area contributed by atoms with E-state index in [9.17, 15) is 9.90 Å². The van der Waals surface area contributed by atoms with Crippen LogP contribution in [0.25, 0.3) is 0 Å². The zero-order valence-corrected chi connectivity index (χ0v) is 7.43. The molecule has 2 nitrogen and oxygen atoms in total. The van der Waals surface area contributed by atoms with Crippen molar-refractivity contribution in [2.75, 3.05) is 0 Å². The van der Waals surface area contributed by atoms with Crippen molar-refractivity contribution in [2.45, 2.75) is 46.0 Å². The molecule has 0 aromatic carbocycles. The molecule has 0 aliphatic heterocycles. The minimum Gasteiger partial charge on any atom is -0.550 e. The molecule has 0 aliphatic rings. The van der Waals surface area contributed by atoms with Gasteiger partial charge >= 0.3 is 0 Å². The molecular weight excluding hydrogens is 140 g/mol. The molecule has 0 aromatic rings. The minimum absolute atomic E-state index is 0.208. The van der Waals surface area contributed by atoms with Gasteiger partial charge in [0.1, 0.15) is 0 Å². The van der Waals surface area contributed by atoms with Crippen LogP contribution in [0, 0.1) is 5.92 Å². The zero-order valence-electron chi connectivity index (χ0n) is 7.43. The van der Waals surface area contributed by atoms with Crippen LogP contribution in [0.1, 0.15) is 46.0 Å². The van der Waals surface area contributed by atoms with E-state index >= 15 is 0 Å². The highest BCUT2D eigenvalue weighted by molar-refractivity contribution is 5.67. The number of carboxylic acids is 1. The third-order valence-electron chi connectivity index (χ3n) is 1.88. The summed E-state index contributed by atoms with van der Waals surface area (Å²) in [6, 6.07) is 0. The summed E-state index contributed by atoms with van der Waals surface area (Å²) in [5, 5.41) is 10.5. The Morgan fingerprint density at radius 1 is 1.27 bits per heavy atom. The van der Waals surface area contributed by atoms with Gasteiger partial charge in [0.2, 0.25) is 0 Å². The highest BCUT2D eigenvalue weighted by atomic mass is 16.4. The average molecular weight is 157 g/mol. The molecule has 0 bridgehead atoms. The lowest BCUT2D eigenvalue weighted by Gasteiger charge is -2.15. The minimum atomic E-state index is -0.875. The van der Waals surface area contributed by atoms with Crippen LogP contribution in [0.3, 0.4) is 0 Å². The number of rotatable bonds is 6. The second-order valence-corrected chi connectivity index (χ2v) is 2.95. The number of carboxylic acid groups (broad SMARTS) is 1. The second kappa shape index (κ2) is 6.20. The third-order valence-corrected chi connectivity index (χ3v) is 1.88. The molecule has 0 saturated heterocycles. The fourth-order valence-electron chi connectivity index (χ4n) is 1.18. The second-order valence-electron chi connectivity index (χ2n) is 2.95. The molecule has 0 spiro atoms. The molecule has 11 heavy (non-hydrogen) atoms. The Kier molecular flexibility index (Phi) is 5.90. The summed E-state index contributed by atoms with van der Waals surface area (Å²) in [5.74, 6) is -1.08. The number of carbonyl (C=O) groups excluding carboxylic acids is 1. The zero-order chi connectivity index (χ0) is 8.69. The first-order chi connectivity index (χ1) is 5.22. The number of aliphatic carboxylic acids is 1. The van der Waals surface area contributed by atoms with Crippen LogP contribution in [0.2, 0.25) is 0 Å². The molecule has 0 aromatic heterocycles. The first-order valence-corrected chi connectivity index (χ1v) is 4.43. The SMILES string of the molecule is CCCCC(CCC)C(=O)[O-]. The van der Waals surface area contributed by atoms with Crippen molar-refractivity contribution >= 4 is 5.97 Å². The summed E-state index contributed by atoms with van der Waals surface area (Å²) >= 11 is 0. The predicted octanol–water partition coefficient (Wildman–Crippen LogP) is 1.34. The maximum Gasteiger partial charge on any atom is 0.0445 e. The molecule has 0 saturated carbocycles. The fraction of sp³-hybridized carbons (Fsp3) is 0.889. The number of carbonyl (C=O) groups is 1. The maximum atomic E-state index is 10.5. The summed E-state index contributed by atoms with van der Waals surface area (Å²) < 4.78 is 0. The van der Waals surface area contributed by atoms with E-state index in [1.807, 2.05) is 6.92 Å². The Balaban J connectivity index is 3.60. The molecule has 0 aliphatic carbocycles. The van der Waals surface area contributed by atoms with Gasteiger partial charge < -0.3 is 9.90 Å². The molecule has 66 valence electrons. The first-order valence-electron chi connectivity index (χ1n) is 4.43. The van der Waals surface area contributed by atoms with E-state index < -0.39 is 5.97 Å². The van der Waals surface area contributed by atoms with Crippen molar-refractivity contribution in [2.24, 2.45) is 5.92 Å². The molecule has 0 amide bonds. The highest BCUT2D eigenvalue weighted by Gasteiger charge is 2.06. The Morgan fingerprint density at radius 2 is 1.91 bits per heavy atom. The molecule has 0 fully saturated rings. The van der Waals surface area contributed by atoms with Gasteiger partial charge in [-0.25, -0.2) is 0 Å². The quantitative estimate of drug-likeness (QED) is 0.583. The van der Waals surface area contributed by atoms with Gasteiger partial charge in [0.15, 0.2) is 0 Å². The average Bonchev–Trinajstić information content (AvgIpc) is 1.97. The lowest BCUT2D eigenvalue weighted by molar-refractivity contribution is -0.312.